The fraction of sp³-hybridized carbons (Fsp3) is 0.333. The summed E-state index contributed by atoms with van der Waals surface area (Å²) in [5, 5.41) is 15.9. The molecule has 0 aliphatic heterocycles. The summed E-state index contributed by atoms with van der Waals surface area (Å²) in [6.07, 6.45) is 5.30. The molecule has 44 heavy (non-hydrogen) atoms. The molecule has 0 unspecified atom stereocenters. The van der Waals surface area contributed by atoms with Crippen molar-refractivity contribution in [2.45, 2.75) is 52.0 Å². The van der Waals surface area contributed by atoms with Gasteiger partial charge in [0.15, 0.2) is 11.4 Å². The number of hydrogen-bond acceptors (Lipinski definition) is 5. The highest BCUT2D eigenvalue weighted by molar-refractivity contribution is 5.73. The Morgan fingerprint density at radius 1 is 0.932 bits per heavy atom. The zero-order valence-electron chi connectivity index (χ0n) is 24.5. The minimum Gasteiger partial charge on any atom is -0.542 e. The molecule has 0 spiro atoms. The molecular formula is C30H34F6N4O4. The number of imidazole rings is 1. The third-order valence-corrected chi connectivity index (χ3v) is 5.81. The smallest absolute Gasteiger partial charge is 0.490 e. The minimum atomic E-state index is -5.19. The molecule has 3 aromatic rings. The first kappa shape index (κ1) is 37.4. The summed E-state index contributed by atoms with van der Waals surface area (Å²) in [6, 6.07) is 13.1. The van der Waals surface area contributed by atoms with Crippen molar-refractivity contribution in [3.8, 4) is 0 Å². The molecule has 1 aromatic carbocycles. The van der Waals surface area contributed by atoms with Gasteiger partial charge in [0.25, 0.3) is 0 Å². The van der Waals surface area contributed by atoms with Crippen LogP contribution >= 0.6 is 0 Å². The molecular weight excluding hydrogens is 594 g/mol. The molecule has 0 aliphatic carbocycles. The van der Waals surface area contributed by atoms with Gasteiger partial charge >= 0.3 is 18.3 Å². The second-order valence-electron chi connectivity index (χ2n) is 9.55. The van der Waals surface area contributed by atoms with Gasteiger partial charge in [0.2, 0.25) is 0 Å². The van der Waals surface area contributed by atoms with Crippen LogP contribution in [0.15, 0.2) is 61.1 Å². The molecule has 14 heteroatoms. The summed E-state index contributed by atoms with van der Waals surface area (Å²) in [5.41, 5.74) is 7.49. The second kappa shape index (κ2) is 17.5. The van der Waals surface area contributed by atoms with Crippen LogP contribution in [0.1, 0.15) is 41.1 Å². The fourth-order valence-corrected chi connectivity index (χ4v) is 3.63. The first-order valence-corrected chi connectivity index (χ1v) is 13.1. The Morgan fingerprint density at radius 3 is 1.84 bits per heavy atom. The van der Waals surface area contributed by atoms with Gasteiger partial charge in [-0.05, 0) is 36.1 Å². The Labute approximate surface area is 251 Å². The van der Waals surface area contributed by atoms with Gasteiger partial charge in [-0.3, -0.25) is 0 Å². The molecule has 8 nitrogen and oxygen atoms in total. The van der Waals surface area contributed by atoms with Gasteiger partial charge < -0.3 is 24.9 Å². The van der Waals surface area contributed by atoms with Gasteiger partial charge in [-0.15, -0.1) is 0 Å². The van der Waals surface area contributed by atoms with Gasteiger partial charge in [0.1, 0.15) is 12.5 Å². The number of carboxylic acids is 2. The lowest BCUT2D eigenvalue weighted by molar-refractivity contribution is -0.709. The molecule has 0 fully saturated rings. The molecule has 3 rings (SSSR count). The number of nitrogens with zero attached hydrogens (tertiary/aromatic N) is 3. The van der Waals surface area contributed by atoms with E-state index in [0.717, 1.165) is 25.8 Å². The van der Waals surface area contributed by atoms with Crippen molar-refractivity contribution in [3.05, 3.63) is 89.3 Å². The maximum absolute atomic E-state index is 10.6. The Hall–Kier alpha value is -4.62. The standard InChI is InChI=1S/C26H33N4.2C2HF3O2/c1-21-17-24(10-6-5-9-23-12-14-26(15-13-23)29(3)4)18-22(2)30(21)16-8-7-11-25-19-27-20-28-25;2*3-2(4,5)1(6)7/h5-6,9-10,12-15,17-20H,7-8,11,16H2,1-4H3,(H,27,28);2*(H,6,7)/q+1;;/p-1. The number of unbranched alkanes of at least 4 members (excludes halogenated alkanes) is 1. The number of carbonyl (C=O) groups is 2. The first-order valence-electron chi connectivity index (χ1n) is 13.1. The van der Waals surface area contributed by atoms with Crippen molar-refractivity contribution < 1.29 is 50.7 Å². The van der Waals surface area contributed by atoms with E-state index in [1.807, 2.05) is 6.20 Å². The van der Waals surface area contributed by atoms with E-state index in [4.69, 9.17) is 19.8 Å². The van der Waals surface area contributed by atoms with E-state index in [1.165, 1.54) is 33.9 Å². The Morgan fingerprint density at radius 2 is 1.43 bits per heavy atom. The number of anilines is 1. The molecule has 0 aliphatic rings. The van der Waals surface area contributed by atoms with Gasteiger partial charge in [-0.2, -0.15) is 26.3 Å². The van der Waals surface area contributed by atoms with Gasteiger partial charge in [-0.1, -0.05) is 36.4 Å². The number of rotatable bonds is 9. The van der Waals surface area contributed by atoms with Gasteiger partial charge in [0.05, 0.1) is 6.33 Å². The average Bonchev–Trinajstić information content (AvgIpc) is 3.44. The maximum Gasteiger partial charge on any atom is 0.490 e. The van der Waals surface area contributed by atoms with E-state index in [2.05, 4.69) is 108 Å². The number of aliphatic carboxylic acids is 2. The molecule has 0 atom stereocenters. The third kappa shape index (κ3) is 14.5. The molecule has 0 saturated carbocycles. The van der Waals surface area contributed by atoms with E-state index < -0.39 is 24.3 Å². The summed E-state index contributed by atoms with van der Waals surface area (Å²) < 4.78 is 65.7. The Bertz CT molecular complexity index is 1340. The van der Waals surface area contributed by atoms with Crippen LogP contribution in [-0.2, 0) is 22.6 Å². The minimum absolute atomic E-state index is 1.05. The number of allylic oxidation sites excluding steroid dienone is 2. The molecule has 2 heterocycles. The lowest BCUT2D eigenvalue weighted by atomic mass is 10.1. The molecule has 240 valence electrons. The molecule has 0 bridgehead atoms. The van der Waals surface area contributed by atoms with Crippen LogP contribution in [0.2, 0.25) is 0 Å². The van der Waals surface area contributed by atoms with E-state index in [-0.39, 0.29) is 0 Å². The zero-order chi connectivity index (χ0) is 33.5. The lowest BCUT2D eigenvalue weighted by Gasteiger charge is -2.11. The number of hydrogen-bond donors (Lipinski definition) is 2. The third-order valence-electron chi connectivity index (χ3n) is 5.81. The normalized spacial score (nSPS) is 11.5. The second-order valence-corrected chi connectivity index (χ2v) is 9.55. The van der Waals surface area contributed by atoms with Crippen molar-refractivity contribution >= 4 is 29.8 Å². The first-order chi connectivity index (χ1) is 20.4. The number of halogens is 6. The number of carbonyl (C=O) groups excluding carboxylic acids is 1. The number of H-pyrrole nitrogens is 1. The number of aromatic amines is 1. The fourth-order valence-electron chi connectivity index (χ4n) is 3.63. The number of nitrogens with one attached hydrogen (secondary N) is 1. The number of benzene rings is 1. The van der Waals surface area contributed by atoms with Crippen molar-refractivity contribution in [1.82, 2.24) is 9.97 Å². The number of pyridine rings is 1. The quantitative estimate of drug-likeness (QED) is 0.148. The van der Waals surface area contributed by atoms with Crippen LogP contribution in [0.5, 0.6) is 0 Å². The predicted octanol–water partition coefficient (Wildman–Crippen LogP) is 5.06. The van der Waals surface area contributed by atoms with Crippen molar-refractivity contribution in [2.75, 3.05) is 19.0 Å². The maximum atomic E-state index is 10.6. The highest BCUT2D eigenvalue weighted by Crippen LogP contribution is 2.15. The summed E-state index contributed by atoms with van der Waals surface area (Å²) in [4.78, 5) is 27.0. The van der Waals surface area contributed by atoms with E-state index >= 15 is 0 Å². The number of aromatic nitrogens is 3. The van der Waals surface area contributed by atoms with Crippen LogP contribution in [-0.4, -0.2) is 53.5 Å². The van der Waals surface area contributed by atoms with Crippen LogP contribution < -0.4 is 14.6 Å². The largest absolute Gasteiger partial charge is 0.542 e. The lowest BCUT2D eigenvalue weighted by Crippen LogP contribution is -2.40. The molecule has 0 saturated heterocycles. The zero-order valence-corrected chi connectivity index (χ0v) is 24.5. The molecule has 0 amide bonds. The van der Waals surface area contributed by atoms with E-state index in [1.54, 1.807) is 6.33 Å². The molecule has 2 aromatic heterocycles. The highest BCUT2D eigenvalue weighted by atomic mass is 19.4. The SMILES string of the molecule is Cc1cc(/C=C/C=C/c2ccc(N(C)C)cc2)cc(C)[n+]1CCCCc1cnc[nH]1.O=C(O)C(F)(F)F.O=C([O-])C(F)(F)F. The summed E-state index contributed by atoms with van der Waals surface area (Å²) in [6.45, 7) is 5.45. The van der Waals surface area contributed by atoms with Crippen LogP contribution in [0.3, 0.4) is 0 Å². The van der Waals surface area contributed by atoms with Crippen molar-refractivity contribution in [2.24, 2.45) is 0 Å². The monoisotopic (exact) mass is 628 g/mol. The van der Waals surface area contributed by atoms with Crippen LogP contribution in [0.25, 0.3) is 12.2 Å². The molecule has 2 N–H and O–H groups in total. The number of carboxylic acid groups (broad SMARTS) is 2. The average molecular weight is 629 g/mol. The Kier molecular flexibility index (Phi) is 14.9. The van der Waals surface area contributed by atoms with E-state index in [9.17, 15) is 26.3 Å². The van der Waals surface area contributed by atoms with Gasteiger partial charge in [0, 0.05) is 64.1 Å². The van der Waals surface area contributed by atoms with Crippen molar-refractivity contribution in [3.63, 3.8) is 0 Å². The number of alkyl halides is 6. The summed E-state index contributed by atoms with van der Waals surface area (Å²) in [5.74, 6) is -5.76. The summed E-state index contributed by atoms with van der Waals surface area (Å²) >= 11 is 0. The van der Waals surface area contributed by atoms with Crippen LogP contribution in [0.4, 0.5) is 32.0 Å². The van der Waals surface area contributed by atoms with E-state index in [0.29, 0.717) is 0 Å². The topological polar surface area (TPSA) is 113 Å². The Balaban J connectivity index is 0.000000574. The highest BCUT2D eigenvalue weighted by Gasteiger charge is 2.38. The number of aryl methyl sites for hydroxylation is 3. The molecule has 0 radical (unpaired) electrons. The van der Waals surface area contributed by atoms with Crippen LogP contribution in [0, 0.1) is 13.8 Å². The summed E-state index contributed by atoms with van der Waals surface area (Å²) in [7, 11) is 4.12. The van der Waals surface area contributed by atoms with Gasteiger partial charge in [-0.25, -0.2) is 14.3 Å². The van der Waals surface area contributed by atoms with Crippen molar-refractivity contribution in [1.29, 1.82) is 0 Å². The predicted molar refractivity (Wildman–Crippen MR) is 151 cm³/mol.